The highest BCUT2D eigenvalue weighted by Gasteiger charge is 2.21. The van der Waals surface area contributed by atoms with Crippen LogP contribution in [0.3, 0.4) is 0 Å². The quantitative estimate of drug-likeness (QED) is 0.707. The molecule has 1 atom stereocenters. The summed E-state index contributed by atoms with van der Waals surface area (Å²) in [6.07, 6.45) is 3.67. The molecule has 0 radical (unpaired) electrons. The molecule has 1 unspecified atom stereocenters. The summed E-state index contributed by atoms with van der Waals surface area (Å²) in [5.74, 6) is 0. The van der Waals surface area contributed by atoms with Crippen molar-refractivity contribution in [3.63, 3.8) is 0 Å². The van der Waals surface area contributed by atoms with E-state index < -0.39 is 0 Å². The van der Waals surface area contributed by atoms with Gasteiger partial charge in [-0.2, -0.15) is 0 Å². The first-order chi connectivity index (χ1) is 10.3. The Balaban J connectivity index is 1.59. The van der Waals surface area contributed by atoms with Crippen LogP contribution in [-0.4, -0.2) is 0 Å². The first-order valence-electron chi connectivity index (χ1n) is 7.28. The molecule has 0 saturated heterocycles. The van der Waals surface area contributed by atoms with Gasteiger partial charge in [-0.1, -0.05) is 18.2 Å². The minimum atomic E-state index is 0.435. The van der Waals surface area contributed by atoms with Crippen LogP contribution < -0.4 is 5.32 Å². The van der Waals surface area contributed by atoms with Crippen molar-refractivity contribution >= 4 is 33.9 Å². The van der Waals surface area contributed by atoms with E-state index in [1.165, 1.54) is 29.7 Å². The summed E-state index contributed by atoms with van der Waals surface area (Å²) in [5.41, 5.74) is 3.39. The van der Waals surface area contributed by atoms with E-state index in [9.17, 15) is 0 Å². The molecule has 0 bridgehead atoms. The van der Waals surface area contributed by atoms with Gasteiger partial charge in [0.2, 0.25) is 0 Å². The summed E-state index contributed by atoms with van der Waals surface area (Å²) < 4.78 is 5.62. The van der Waals surface area contributed by atoms with Gasteiger partial charge in [0.05, 0.1) is 0 Å². The Morgan fingerprint density at radius 3 is 3.14 bits per heavy atom. The average Bonchev–Trinajstić information content (AvgIpc) is 3.09. The smallest absolute Gasteiger partial charge is 0.199 e. The van der Waals surface area contributed by atoms with E-state index in [1.54, 1.807) is 0 Å². The van der Waals surface area contributed by atoms with Crippen molar-refractivity contribution in [2.75, 3.05) is 0 Å². The summed E-state index contributed by atoms with van der Waals surface area (Å²) in [6.45, 7) is 0.746. The number of nitrogens with one attached hydrogen (secondary N) is 1. The predicted molar refractivity (Wildman–Crippen MR) is 88.1 cm³/mol. The molecule has 4 heteroatoms. The lowest BCUT2D eigenvalue weighted by Crippen LogP contribution is -2.23. The van der Waals surface area contributed by atoms with Crippen LogP contribution in [0.5, 0.6) is 0 Å². The third kappa shape index (κ3) is 2.39. The van der Waals surface area contributed by atoms with Crippen molar-refractivity contribution in [2.45, 2.75) is 31.8 Å². The molecule has 2 aromatic heterocycles. The first kappa shape index (κ1) is 13.4. The zero-order chi connectivity index (χ0) is 14.2. The number of aryl methyl sites for hydroxylation is 1. The summed E-state index contributed by atoms with van der Waals surface area (Å²) in [5, 5.41) is 7.47. The molecular weight excluding hydrogens is 302 g/mol. The Morgan fingerprint density at radius 1 is 1.29 bits per heavy atom. The van der Waals surface area contributed by atoms with Gasteiger partial charge in [0.1, 0.15) is 5.58 Å². The maximum Gasteiger partial charge on any atom is 0.199 e. The van der Waals surface area contributed by atoms with Gasteiger partial charge in [0.25, 0.3) is 0 Å². The lowest BCUT2D eigenvalue weighted by atomic mass is 9.94. The Morgan fingerprint density at radius 2 is 2.19 bits per heavy atom. The van der Waals surface area contributed by atoms with Gasteiger partial charge in [-0.25, -0.2) is 0 Å². The summed E-state index contributed by atoms with van der Waals surface area (Å²) in [7, 11) is 0. The zero-order valence-corrected chi connectivity index (χ0v) is 13.1. The summed E-state index contributed by atoms with van der Waals surface area (Å²) >= 11 is 8.13. The second-order valence-electron chi connectivity index (χ2n) is 5.48. The Kier molecular flexibility index (Phi) is 3.49. The molecule has 2 nitrogen and oxygen atoms in total. The van der Waals surface area contributed by atoms with Gasteiger partial charge in [0, 0.05) is 28.4 Å². The molecular formula is C17H16ClNOS. The highest BCUT2D eigenvalue weighted by atomic mass is 35.5. The number of rotatable bonds is 3. The van der Waals surface area contributed by atoms with E-state index in [-0.39, 0.29) is 0 Å². The van der Waals surface area contributed by atoms with E-state index in [0.717, 1.165) is 23.1 Å². The molecule has 0 saturated carbocycles. The molecule has 21 heavy (non-hydrogen) atoms. The molecule has 1 aliphatic rings. The van der Waals surface area contributed by atoms with E-state index >= 15 is 0 Å². The fraction of sp³-hybridized carbons (Fsp3) is 0.294. The number of para-hydroxylation sites is 1. The van der Waals surface area contributed by atoms with Gasteiger partial charge in [-0.05, 0) is 53.9 Å². The van der Waals surface area contributed by atoms with Crippen LogP contribution >= 0.6 is 22.9 Å². The second-order valence-corrected chi connectivity index (χ2v) is 6.82. The maximum atomic E-state index is 6.26. The minimum absolute atomic E-state index is 0.435. The number of halogens is 1. The fourth-order valence-electron chi connectivity index (χ4n) is 3.16. The molecule has 3 aromatic rings. The Bertz CT molecular complexity index is 776. The number of hydrogen-bond donors (Lipinski definition) is 1. The van der Waals surface area contributed by atoms with Crippen molar-refractivity contribution in [3.05, 3.63) is 56.9 Å². The molecule has 0 aliphatic heterocycles. The summed E-state index contributed by atoms with van der Waals surface area (Å²) in [4.78, 5) is 1.53. The van der Waals surface area contributed by atoms with Gasteiger partial charge in [-0.3, -0.25) is 0 Å². The first-order valence-corrected chi connectivity index (χ1v) is 8.54. The SMILES string of the molecule is Clc1oc2ccccc2c1CNC1CCCc2sccc21. The standard InChI is InChI=1S/C17H16ClNOS/c18-17-13(11-4-1-2-6-15(11)20-17)10-19-14-5-3-7-16-12(14)8-9-21-16/h1-2,4,6,8-9,14,19H,3,5,7,10H2. The molecule has 1 N–H and O–H groups in total. The van der Waals surface area contributed by atoms with Crippen molar-refractivity contribution < 1.29 is 4.42 Å². The average molecular weight is 318 g/mol. The molecule has 4 rings (SSSR count). The molecule has 108 valence electrons. The Labute approximate surface area is 132 Å². The number of benzene rings is 1. The van der Waals surface area contributed by atoms with Crippen molar-refractivity contribution in [2.24, 2.45) is 0 Å². The molecule has 0 fully saturated rings. The van der Waals surface area contributed by atoms with Gasteiger partial charge in [0.15, 0.2) is 5.22 Å². The Hall–Kier alpha value is -1.29. The van der Waals surface area contributed by atoms with E-state index in [2.05, 4.69) is 22.8 Å². The molecule has 1 aliphatic carbocycles. The van der Waals surface area contributed by atoms with Crippen LogP contribution in [0.15, 0.2) is 40.1 Å². The van der Waals surface area contributed by atoms with Crippen LogP contribution in [0.4, 0.5) is 0 Å². The highest BCUT2D eigenvalue weighted by molar-refractivity contribution is 7.10. The third-order valence-electron chi connectivity index (χ3n) is 4.23. The number of thiophene rings is 1. The van der Waals surface area contributed by atoms with Gasteiger partial charge < -0.3 is 9.73 Å². The normalized spacial score (nSPS) is 18.0. The lowest BCUT2D eigenvalue weighted by molar-refractivity contribution is 0.462. The topological polar surface area (TPSA) is 25.2 Å². The lowest BCUT2D eigenvalue weighted by Gasteiger charge is -2.23. The van der Waals surface area contributed by atoms with Gasteiger partial charge in [-0.15, -0.1) is 11.3 Å². The molecule has 0 amide bonds. The highest BCUT2D eigenvalue weighted by Crippen LogP contribution is 2.35. The number of furan rings is 1. The maximum absolute atomic E-state index is 6.26. The van der Waals surface area contributed by atoms with Crippen LogP contribution in [0.2, 0.25) is 5.22 Å². The monoisotopic (exact) mass is 317 g/mol. The zero-order valence-electron chi connectivity index (χ0n) is 11.6. The van der Waals surface area contributed by atoms with Crippen molar-refractivity contribution in [3.8, 4) is 0 Å². The largest absolute Gasteiger partial charge is 0.444 e. The minimum Gasteiger partial charge on any atom is -0.444 e. The van der Waals surface area contributed by atoms with Crippen LogP contribution in [0.1, 0.15) is 34.9 Å². The van der Waals surface area contributed by atoms with E-state index in [0.29, 0.717) is 11.3 Å². The van der Waals surface area contributed by atoms with Crippen molar-refractivity contribution in [1.29, 1.82) is 0 Å². The van der Waals surface area contributed by atoms with Crippen LogP contribution in [0.25, 0.3) is 11.0 Å². The number of fused-ring (bicyclic) bond motifs is 2. The summed E-state index contributed by atoms with van der Waals surface area (Å²) in [6, 6.07) is 10.7. The third-order valence-corrected chi connectivity index (χ3v) is 5.53. The fourth-order valence-corrected chi connectivity index (χ4v) is 4.40. The van der Waals surface area contributed by atoms with Gasteiger partial charge >= 0.3 is 0 Å². The van der Waals surface area contributed by atoms with Crippen molar-refractivity contribution in [1.82, 2.24) is 5.32 Å². The number of hydrogen-bond acceptors (Lipinski definition) is 3. The van der Waals surface area contributed by atoms with E-state index in [4.69, 9.17) is 16.0 Å². The van der Waals surface area contributed by atoms with E-state index in [1.807, 2.05) is 29.5 Å². The molecule has 0 spiro atoms. The molecule has 1 aromatic carbocycles. The van der Waals surface area contributed by atoms with Crippen LogP contribution in [0, 0.1) is 0 Å². The predicted octanol–water partition coefficient (Wildman–Crippen LogP) is 5.31. The van der Waals surface area contributed by atoms with Crippen LogP contribution in [-0.2, 0) is 13.0 Å². The molecule has 2 heterocycles. The second kappa shape index (κ2) is 5.48.